The number of hydrogen-bond acceptors (Lipinski definition) is 5. The Hall–Kier alpha value is -1.66. The summed E-state index contributed by atoms with van der Waals surface area (Å²) in [6.07, 6.45) is 79.4. The number of carbonyl (C=O) groups excluding carboxylic acids is 2. The van der Waals surface area contributed by atoms with Crippen molar-refractivity contribution in [3.63, 3.8) is 0 Å². The van der Waals surface area contributed by atoms with E-state index in [1.165, 1.54) is 289 Å². The summed E-state index contributed by atoms with van der Waals surface area (Å²) < 4.78 is 5.51. The predicted octanol–water partition coefficient (Wildman–Crippen LogP) is 21.4. The van der Waals surface area contributed by atoms with Gasteiger partial charge < -0.3 is 20.3 Å². The van der Waals surface area contributed by atoms with Gasteiger partial charge in [-0.15, -0.1) is 0 Å². The molecule has 0 aliphatic rings. The van der Waals surface area contributed by atoms with Crippen LogP contribution in [0.5, 0.6) is 0 Å². The van der Waals surface area contributed by atoms with E-state index in [0.29, 0.717) is 25.9 Å². The number of unbranched alkanes of at least 4 members (excludes halogenated alkanes) is 48. The summed E-state index contributed by atoms with van der Waals surface area (Å²) in [6.45, 7) is 4.94. The molecule has 1 amide bonds. The Morgan fingerprint density at radius 3 is 1.05 bits per heavy atom. The standard InChI is InChI=1S/C68H131NO5/c1-3-5-7-9-11-13-15-16-17-18-29-33-36-39-42-46-50-54-58-62-68(73)74-63-59-55-51-47-43-40-37-34-31-28-26-24-22-20-19-21-23-25-27-30-32-35-38-41-45-49-53-57-61-67(72)69-65(64-70)66(71)60-56-52-48-44-14-12-10-8-6-4-2/h11,13,16-17,65-66,70-71H,3-10,12,14-15,18-64H2,1-2H3,(H,69,72)/b13-11-,17-16-. The molecule has 6 heteroatoms. The monoisotopic (exact) mass is 1040 g/mol. The highest BCUT2D eigenvalue weighted by molar-refractivity contribution is 5.76. The van der Waals surface area contributed by atoms with Crippen molar-refractivity contribution in [3.05, 3.63) is 24.3 Å². The molecule has 0 aromatic heterocycles. The lowest BCUT2D eigenvalue weighted by molar-refractivity contribution is -0.143. The van der Waals surface area contributed by atoms with E-state index in [2.05, 4.69) is 43.5 Å². The van der Waals surface area contributed by atoms with Gasteiger partial charge in [0, 0.05) is 12.8 Å². The largest absolute Gasteiger partial charge is 0.466 e. The van der Waals surface area contributed by atoms with Crippen LogP contribution in [0.2, 0.25) is 0 Å². The summed E-state index contributed by atoms with van der Waals surface area (Å²) in [6, 6.07) is -0.537. The SMILES string of the molecule is CCCCC/C=C\C/C=C\CCCCCCCCCCCC(=O)OCCCCCCCCCCCCCCCCCCCCCCCCCCCCCCC(=O)NC(CO)C(O)CCCCCCCCCCCC. The number of nitrogens with one attached hydrogen (secondary N) is 1. The molecule has 6 nitrogen and oxygen atoms in total. The van der Waals surface area contributed by atoms with Crippen LogP contribution >= 0.6 is 0 Å². The summed E-state index contributed by atoms with van der Waals surface area (Å²) in [5.74, 6) is -0.0165. The zero-order chi connectivity index (χ0) is 53.6. The Morgan fingerprint density at radius 1 is 0.378 bits per heavy atom. The second kappa shape index (κ2) is 63.9. The number of ether oxygens (including phenoxy) is 1. The van der Waals surface area contributed by atoms with E-state index >= 15 is 0 Å². The molecule has 0 aliphatic carbocycles. The number of amides is 1. The van der Waals surface area contributed by atoms with Gasteiger partial charge in [-0.1, -0.05) is 327 Å². The molecule has 0 saturated heterocycles. The molecule has 3 N–H and O–H groups in total. The summed E-state index contributed by atoms with van der Waals surface area (Å²) >= 11 is 0. The minimum atomic E-state index is -0.660. The molecule has 0 bridgehead atoms. The average molecular weight is 1040 g/mol. The third kappa shape index (κ3) is 59.6. The molecule has 0 heterocycles. The number of rotatable bonds is 63. The van der Waals surface area contributed by atoms with Crippen LogP contribution in [0.3, 0.4) is 0 Å². The fourth-order valence-corrected chi connectivity index (χ4v) is 10.6. The van der Waals surface area contributed by atoms with Crippen LogP contribution in [0.15, 0.2) is 24.3 Å². The maximum Gasteiger partial charge on any atom is 0.305 e. The normalized spacial score (nSPS) is 12.6. The first-order chi connectivity index (χ1) is 36.5. The Morgan fingerprint density at radius 2 is 0.676 bits per heavy atom. The van der Waals surface area contributed by atoms with Crippen LogP contribution in [0.4, 0.5) is 0 Å². The zero-order valence-corrected chi connectivity index (χ0v) is 50.1. The molecule has 0 aromatic carbocycles. The molecular formula is C68H131NO5. The van der Waals surface area contributed by atoms with E-state index in [1.807, 2.05) is 0 Å². The maximum absolute atomic E-state index is 12.4. The van der Waals surface area contributed by atoms with Crippen molar-refractivity contribution in [2.45, 2.75) is 386 Å². The van der Waals surface area contributed by atoms with Crippen molar-refractivity contribution in [2.75, 3.05) is 13.2 Å². The van der Waals surface area contributed by atoms with Gasteiger partial charge in [0.15, 0.2) is 0 Å². The second-order valence-corrected chi connectivity index (χ2v) is 23.2. The van der Waals surface area contributed by atoms with Crippen molar-refractivity contribution in [1.82, 2.24) is 5.32 Å². The Bertz CT molecular complexity index is 1150. The highest BCUT2D eigenvalue weighted by atomic mass is 16.5. The zero-order valence-electron chi connectivity index (χ0n) is 50.1. The molecule has 0 saturated carbocycles. The van der Waals surface area contributed by atoms with Crippen molar-refractivity contribution in [1.29, 1.82) is 0 Å². The van der Waals surface area contributed by atoms with E-state index in [4.69, 9.17) is 4.74 Å². The first kappa shape index (κ1) is 72.3. The van der Waals surface area contributed by atoms with Crippen LogP contribution in [0, 0.1) is 0 Å². The van der Waals surface area contributed by atoms with Crippen LogP contribution in [-0.4, -0.2) is 47.4 Å². The van der Waals surface area contributed by atoms with Crippen molar-refractivity contribution in [2.24, 2.45) is 0 Å². The van der Waals surface area contributed by atoms with E-state index in [9.17, 15) is 19.8 Å². The lowest BCUT2D eigenvalue weighted by atomic mass is 10.0. The maximum atomic E-state index is 12.4. The van der Waals surface area contributed by atoms with E-state index in [-0.39, 0.29) is 18.5 Å². The number of hydrogen-bond donors (Lipinski definition) is 3. The van der Waals surface area contributed by atoms with Gasteiger partial charge in [-0.3, -0.25) is 9.59 Å². The van der Waals surface area contributed by atoms with E-state index in [1.54, 1.807) is 0 Å². The van der Waals surface area contributed by atoms with Crippen LogP contribution in [0.25, 0.3) is 0 Å². The highest BCUT2D eigenvalue weighted by Crippen LogP contribution is 2.19. The van der Waals surface area contributed by atoms with Gasteiger partial charge in [-0.2, -0.15) is 0 Å². The fraction of sp³-hybridized carbons (Fsp3) is 0.912. The molecule has 2 unspecified atom stereocenters. The molecule has 0 aliphatic heterocycles. The minimum Gasteiger partial charge on any atom is -0.466 e. The first-order valence-corrected chi connectivity index (χ1v) is 33.6. The van der Waals surface area contributed by atoms with Crippen LogP contribution in [-0.2, 0) is 14.3 Å². The Balaban J connectivity index is 3.30. The third-order valence-corrected chi connectivity index (χ3v) is 15.8. The van der Waals surface area contributed by atoms with Gasteiger partial charge in [-0.25, -0.2) is 0 Å². The summed E-state index contributed by atoms with van der Waals surface area (Å²) in [4.78, 5) is 24.5. The van der Waals surface area contributed by atoms with E-state index in [0.717, 1.165) is 51.4 Å². The highest BCUT2D eigenvalue weighted by Gasteiger charge is 2.20. The van der Waals surface area contributed by atoms with Crippen LogP contribution in [0.1, 0.15) is 373 Å². The number of esters is 1. The molecule has 0 fully saturated rings. The van der Waals surface area contributed by atoms with Gasteiger partial charge in [0.2, 0.25) is 5.91 Å². The number of aliphatic hydroxyl groups is 2. The number of allylic oxidation sites excluding steroid dienone is 4. The van der Waals surface area contributed by atoms with Gasteiger partial charge in [0.25, 0.3) is 0 Å². The molecule has 2 atom stereocenters. The van der Waals surface area contributed by atoms with Crippen molar-refractivity contribution in [3.8, 4) is 0 Å². The number of aliphatic hydroxyl groups excluding tert-OH is 2. The molecule has 0 aromatic rings. The van der Waals surface area contributed by atoms with Crippen molar-refractivity contribution >= 4 is 11.9 Å². The van der Waals surface area contributed by atoms with E-state index < -0.39 is 12.1 Å². The van der Waals surface area contributed by atoms with Gasteiger partial charge >= 0.3 is 5.97 Å². The summed E-state index contributed by atoms with van der Waals surface area (Å²) in [7, 11) is 0. The predicted molar refractivity (Wildman–Crippen MR) is 324 cm³/mol. The minimum absolute atomic E-state index is 0.0155. The molecule has 0 radical (unpaired) electrons. The quantitative estimate of drug-likeness (QED) is 0.0320. The number of carbonyl (C=O) groups is 2. The summed E-state index contributed by atoms with van der Waals surface area (Å²) in [5.41, 5.74) is 0. The lowest BCUT2D eigenvalue weighted by Gasteiger charge is -2.22. The van der Waals surface area contributed by atoms with Gasteiger partial charge in [0.1, 0.15) is 0 Å². The lowest BCUT2D eigenvalue weighted by Crippen LogP contribution is -2.45. The van der Waals surface area contributed by atoms with Gasteiger partial charge in [-0.05, 0) is 57.8 Å². The van der Waals surface area contributed by atoms with Crippen molar-refractivity contribution < 1.29 is 24.5 Å². The Kier molecular flexibility index (Phi) is 62.4. The smallest absolute Gasteiger partial charge is 0.305 e. The molecule has 0 spiro atoms. The topological polar surface area (TPSA) is 95.9 Å². The second-order valence-electron chi connectivity index (χ2n) is 23.2. The first-order valence-electron chi connectivity index (χ1n) is 33.6. The molecule has 74 heavy (non-hydrogen) atoms. The molecular weight excluding hydrogens is 911 g/mol. The summed E-state index contributed by atoms with van der Waals surface area (Å²) in [5, 5.41) is 23.2. The molecule has 0 rings (SSSR count). The fourth-order valence-electron chi connectivity index (χ4n) is 10.6. The van der Waals surface area contributed by atoms with Crippen LogP contribution < -0.4 is 5.32 Å². The average Bonchev–Trinajstić information content (AvgIpc) is 3.40. The third-order valence-electron chi connectivity index (χ3n) is 15.8. The van der Waals surface area contributed by atoms with Gasteiger partial charge in [0.05, 0.1) is 25.4 Å². The Labute approximate surface area is 462 Å². The molecule has 438 valence electrons.